The van der Waals surface area contributed by atoms with Crippen LogP contribution >= 0.6 is 15.9 Å². The Balaban J connectivity index is 2.51. The van der Waals surface area contributed by atoms with E-state index < -0.39 is 6.10 Å². The van der Waals surface area contributed by atoms with Crippen LogP contribution in [0.2, 0.25) is 0 Å². The van der Waals surface area contributed by atoms with E-state index in [2.05, 4.69) is 27.3 Å². The molecular formula is C13H15BrN2O2. The molecule has 0 bridgehead atoms. The van der Waals surface area contributed by atoms with Crippen molar-refractivity contribution in [1.29, 1.82) is 5.26 Å². The van der Waals surface area contributed by atoms with Gasteiger partial charge in [0.1, 0.15) is 5.75 Å². The Kier molecular flexibility index (Phi) is 5.66. The summed E-state index contributed by atoms with van der Waals surface area (Å²) < 4.78 is 6.33. The van der Waals surface area contributed by atoms with Gasteiger partial charge in [0, 0.05) is 6.54 Å². The summed E-state index contributed by atoms with van der Waals surface area (Å²) in [7, 11) is 0. The second-order valence-corrected chi connectivity index (χ2v) is 4.82. The fourth-order valence-electron chi connectivity index (χ4n) is 1.23. The van der Waals surface area contributed by atoms with Gasteiger partial charge in [-0.1, -0.05) is 12.1 Å². The SMILES string of the molecule is C[C@H](C#N)CNC(=O)[C@H](C)Oc1ccccc1Br. The number of halogens is 1. The molecular weight excluding hydrogens is 296 g/mol. The third-order valence-electron chi connectivity index (χ3n) is 2.31. The maximum absolute atomic E-state index is 11.7. The predicted molar refractivity (Wildman–Crippen MR) is 72.0 cm³/mol. The number of benzene rings is 1. The van der Waals surface area contributed by atoms with Crippen LogP contribution in [0.25, 0.3) is 0 Å². The summed E-state index contributed by atoms with van der Waals surface area (Å²) in [6.45, 7) is 3.75. The highest BCUT2D eigenvalue weighted by Crippen LogP contribution is 2.24. The number of nitrogens with one attached hydrogen (secondary N) is 1. The van der Waals surface area contributed by atoms with Crippen molar-refractivity contribution in [1.82, 2.24) is 5.32 Å². The summed E-state index contributed by atoms with van der Waals surface area (Å²) in [4.78, 5) is 11.7. The molecule has 0 unspecified atom stereocenters. The van der Waals surface area contributed by atoms with Crippen LogP contribution in [-0.4, -0.2) is 18.6 Å². The molecule has 1 aromatic carbocycles. The molecule has 0 saturated heterocycles. The van der Waals surface area contributed by atoms with Crippen LogP contribution in [0.5, 0.6) is 5.75 Å². The van der Waals surface area contributed by atoms with Gasteiger partial charge in [-0.05, 0) is 41.9 Å². The highest BCUT2D eigenvalue weighted by Gasteiger charge is 2.16. The number of hydrogen-bond donors (Lipinski definition) is 1. The van der Waals surface area contributed by atoms with Gasteiger partial charge in [-0.15, -0.1) is 0 Å². The lowest BCUT2D eigenvalue weighted by molar-refractivity contribution is -0.127. The average molecular weight is 311 g/mol. The van der Waals surface area contributed by atoms with Gasteiger partial charge in [0.2, 0.25) is 0 Å². The molecule has 0 aliphatic rings. The van der Waals surface area contributed by atoms with Crippen molar-refractivity contribution in [3.05, 3.63) is 28.7 Å². The largest absolute Gasteiger partial charge is 0.480 e. The van der Waals surface area contributed by atoms with E-state index in [-0.39, 0.29) is 11.8 Å². The summed E-state index contributed by atoms with van der Waals surface area (Å²) in [6, 6.07) is 9.39. The van der Waals surface area contributed by atoms with Gasteiger partial charge < -0.3 is 10.1 Å². The minimum absolute atomic E-state index is 0.204. The van der Waals surface area contributed by atoms with E-state index in [1.807, 2.05) is 18.2 Å². The fraction of sp³-hybridized carbons (Fsp3) is 0.385. The van der Waals surface area contributed by atoms with Crippen LogP contribution in [0, 0.1) is 17.2 Å². The Morgan fingerprint density at radius 1 is 1.50 bits per heavy atom. The zero-order chi connectivity index (χ0) is 13.5. The highest BCUT2D eigenvalue weighted by atomic mass is 79.9. The lowest BCUT2D eigenvalue weighted by atomic mass is 10.2. The Bertz CT molecular complexity index is 457. The van der Waals surface area contributed by atoms with Crippen LogP contribution in [0.4, 0.5) is 0 Å². The molecule has 0 aromatic heterocycles. The third-order valence-corrected chi connectivity index (χ3v) is 2.97. The molecule has 5 heteroatoms. The molecule has 0 heterocycles. The molecule has 0 aliphatic heterocycles. The van der Waals surface area contributed by atoms with Crippen molar-refractivity contribution in [2.24, 2.45) is 5.92 Å². The van der Waals surface area contributed by atoms with Gasteiger partial charge in [0.15, 0.2) is 6.10 Å². The molecule has 1 aromatic rings. The molecule has 2 atom stereocenters. The smallest absolute Gasteiger partial charge is 0.260 e. The molecule has 4 nitrogen and oxygen atoms in total. The molecule has 1 amide bonds. The van der Waals surface area contributed by atoms with Gasteiger partial charge in [0.25, 0.3) is 5.91 Å². The number of amides is 1. The van der Waals surface area contributed by atoms with E-state index in [0.717, 1.165) is 4.47 Å². The van der Waals surface area contributed by atoms with Gasteiger partial charge in [0.05, 0.1) is 16.5 Å². The van der Waals surface area contributed by atoms with Gasteiger partial charge in [-0.3, -0.25) is 4.79 Å². The molecule has 18 heavy (non-hydrogen) atoms. The third kappa shape index (κ3) is 4.38. The highest BCUT2D eigenvalue weighted by molar-refractivity contribution is 9.10. The molecule has 0 radical (unpaired) electrons. The molecule has 96 valence electrons. The van der Waals surface area contributed by atoms with Crippen LogP contribution in [0.1, 0.15) is 13.8 Å². The number of ether oxygens (including phenoxy) is 1. The van der Waals surface area contributed by atoms with E-state index in [4.69, 9.17) is 10.00 Å². The number of hydrogen-bond acceptors (Lipinski definition) is 3. The van der Waals surface area contributed by atoms with E-state index >= 15 is 0 Å². The predicted octanol–water partition coefficient (Wildman–Crippen LogP) is 2.49. The van der Waals surface area contributed by atoms with E-state index in [9.17, 15) is 4.79 Å². The van der Waals surface area contributed by atoms with Crippen LogP contribution in [0.15, 0.2) is 28.7 Å². The number of carbonyl (C=O) groups is 1. The minimum atomic E-state index is -0.602. The summed E-state index contributed by atoms with van der Waals surface area (Å²) >= 11 is 3.35. The topological polar surface area (TPSA) is 62.1 Å². The normalized spacial score (nSPS) is 13.2. The van der Waals surface area contributed by atoms with Gasteiger partial charge in [-0.2, -0.15) is 5.26 Å². The number of carbonyl (C=O) groups excluding carboxylic acids is 1. The Morgan fingerprint density at radius 3 is 2.78 bits per heavy atom. The van der Waals surface area contributed by atoms with Crippen molar-refractivity contribution in [2.45, 2.75) is 20.0 Å². The average Bonchev–Trinajstić information content (AvgIpc) is 2.38. The second-order valence-electron chi connectivity index (χ2n) is 3.97. The van der Waals surface area contributed by atoms with Crippen molar-refractivity contribution >= 4 is 21.8 Å². The number of nitriles is 1. The standard InChI is InChI=1S/C13H15BrN2O2/c1-9(7-15)8-16-13(17)10(2)18-12-6-4-3-5-11(12)14/h3-6,9-10H,8H2,1-2H3,(H,16,17)/t9-,10+/m1/s1. The number of para-hydroxylation sites is 1. The van der Waals surface area contributed by atoms with Crippen molar-refractivity contribution < 1.29 is 9.53 Å². The molecule has 0 aliphatic carbocycles. The lowest BCUT2D eigenvalue weighted by Crippen LogP contribution is -2.38. The first-order valence-electron chi connectivity index (χ1n) is 5.63. The van der Waals surface area contributed by atoms with E-state index in [1.54, 1.807) is 19.9 Å². The first-order valence-corrected chi connectivity index (χ1v) is 6.42. The second kappa shape index (κ2) is 7.02. The van der Waals surface area contributed by atoms with Crippen LogP contribution < -0.4 is 10.1 Å². The fourth-order valence-corrected chi connectivity index (χ4v) is 1.61. The molecule has 0 saturated carbocycles. The van der Waals surface area contributed by atoms with Crippen molar-refractivity contribution in [3.8, 4) is 11.8 Å². The summed E-state index contributed by atoms with van der Waals surface area (Å²) in [5.41, 5.74) is 0. The van der Waals surface area contributed by atoms with Crippen molar-refractivity contribution in [2.75, 3.05) is 6.54 Å². The Labute approximate surface area is 115 Å². The Hall–Kier alpha value is -1.54. The van der Waals surface area contributed by atoms with Crippen LogP contribution in [0.3, 0.4) is 0 Å². The number of rotatable bonds is 5. The van der Waals surface area contributed by atoms with Gasteiger partial charge >= 0.3 is 0 Å². The maximum Gasteiger partial charge on any atom is 0.260 e. The number of nitrogens with zero attached hydrogens (tertiary/aromatic N) is 1. The summed E-state index contributed by atoms with van der Waals surface area (Å²) in [5.74, 6) is 0.186. The maximum atomic E-state index is 11.7. The van der Waals surface area contributed by atoms with Crippen molar-refractivity contribution in [3.63, 3.8) is 0 Å². The zero-order valence-corrected chi connectivity index (χ0v) is 11.9. The first kappa shape index (κ1) is 14.5. The minimum Gasteiger partial charge on any atom is -0.480 e. The Morgan fingerprint density at radius 2 is 2.17 bits per heavy atom. The van der Waals surface area contributed by atoms with E-state index in [0.29, 0.717) is 12.3 Å². The van der Waals surface area contributed by atoms with Crippen LogP contribution in [-0.2, 0) is 4.79 Å². The quantitative estimate of drug-likeness (QED) is 0.909. The zero-order valence-electron chi connectivity index (χ0n) is 10.3. The molecule has 1 rings (SSSR count). The monoisotopic (exact) mass is 310 g/mol. The molecule has 0 spiro atoms. The first-order chi connectivity index (χ1) is 8.54. The summed E-state index contributed by atoms with van der Waals surface area (Å²) in [5, 5.41) is 11.3. The molecule has 1 N–H and O–H groups in total. The summed E-state index contributed by atoms with van der Waals surface area (Å²) in [6.07, 6.45) is -0.602. The molecule has 0 fully saturated rings. The van der Waals surface area contributed by atoms with E-state index in [1.165, 1.54) is 0 Å². The van der Waals surface area contributed by atoms with Gasteiger partial charge in [-0.25, -0.2) is 0 Å². The lowest BCUT2D eigenvalue weighted by Gasteiger charge is -2.16.